The number of nitrogens with two attached hydrogens (primary N) is 1. The molecule has 16 heavy (non-hydrogen) atoms. The minimum Gasteiger partial charge on any atom is -0.460 e. The average molecular weight is 246 g/mol. The molecule has 0 unspecified atom stereocenters. The lowest BCUT2D eigenvalue weighted by Gasteiger charge is -2.02. The maximum Gasteiger partial charge on any atom is 0.341 e. The quantitative estimate of drug-likeness (QED) is 0.360. The first-order valence-electron chi connectivity index (χ1n) is 4.26. The lowest BCUT2D eigenvalue weighted by atomic mass is 10.3. The lowest BCUT2D eigenvalue weighted by molar-refractivity contribution is -0.380. The fourth-order valence-corrected chi connectivity index (χ4v) is 1.67. The van der Waals surface area contributed by atoms with Gasteiger partial charge in [-0.25, -0.2) is 4.79 Å². The molecule has 1 aromatic rings. The normalized spacial score (nSPS) is 10.1. The summed E-state index contributed by atoms with van der Waals surface area (Å²) in [4.78, 5) is 21.2. The van der Waals surface area contributed by atoms with Crippen LogP contribution in [-0.2, 0) is 9.47 Å². The summed E-state index contributed by atoms with van der Waals surface area (Å²) in [6, 6.07) is 1.11. The van der Waals surface area contributed by atoms with Crippen LogP contribution in [0.15, 0.2) is 6.07 Å². The fourth-order valence-electron chi connectivity index (χ4n) is 0.937. The highest BCUT2D eigenvalue weighted by atomic mass is 32.1. The molecular formula is C8H10N2O5S. The molecule has 1 heterocycles. The second-order valence-corrected chi connectivity index (χ2v) is 3.81. The van der Waals surface area contributed by atoms with Crippen LogP contribution < -0.4 is 5.73 Å². The second kappa shape index (κ2) is 5.42. The van der Waals surface area contributed by atoms with Crippen molar-refractivity contribution in [2.75, 3.05) is 26.1 Å². The Hall–Kier alpha value is -1.67. The smallest absolute Gasteiger partial charge is 0.341 e. The number of esters is 1. The number of carbonyl (C=O) groups is 1. The molecular weight excluding hydrogens is 236 g/mol. The Morgan fingerprint density at radius 3 is 2.81 bits per heavy atom. The van der Waals surface area contributed by atoms with Gasteiger partial charge < -0.3 is 15.2 Å². The number of nitrogen functional groups attached to an aromatic ring is 1. The van der Waals surface area contributed by atoms with E-state index in [1.54, 1.807) is 0 Å². The molecule has 0 aliphatic heterocycles. The summed E-state index contributed by atoms with van der Waals surface area (Å²) in [5.41, 5.74) is 5.49. The first kappa shape index (κ1) is 12.4. The number of rotatable bonds is 5. The number of carbonyl (C=O) groups excluding carboxylic acids is 1. The number of methoxy groups -OCH3 is 1. The van der Waals surface area contributed by atoms with Gasteiger partial charge in [0, 0.05) is 13.2 Å². The van der Waals surface area contributed by atoms with Crippen molar-refractivity contribution in [3.8, 4) is 0 Å². The highest BCUT2D eigenvalue weighted by Crippen LogP contribution is 2.31. The van der Waals surface area contributed by atoms with E-state index < -0.39 is 10.9 Å². The molecule has 2 N–H and O–H groups in total. The largest absolute Gasteiger partial charge is 0.460 e. The van der Waals surface area contributed by atoms with Crippen molar-refractivity contribution in [2.45, 2.75) is 0 Å². The van der Waals surface area contributed by atoms with Gasteiger partial charge in [-0.2, -0.15) is 0 Å². The number of thiophene rings is 1. The van der Waals surface area contributed by atoms with E-state index in [1.165, 1.54) is 7.11 Å². The lowest BCUT2D eigenvalue weighted by Crippen LogP contribution is -2.10. The topological polar surface area (TPSA) is 105 Å². The molecule has 0 bridgehead atoms. The third kappa shape index (κ3) is 2.91. The zero-order valence-corrected chi connectivity index (χ0v) is 9.28. The number of hydrogen-bond acceptors (Lipinski definition) is 7. The third-order valence-electron chi connectivity index (χ3n) is 1.67. The molecule has 0 aliphatic rings. The predicted molar refractivity (Wildman–Crippen MR) is 57.5 cm³/mol. The molecule has 1 aromatic heterocycles. The maximum atomic E-state index is 11.4. The Morgan fingerprint density at radius 1 is 1.62 bits per heavy atom. The minimum atomic E-state index is -0.682. The van der Waals surface area contributed by atoms with Gasteiger partial charge in [0.25, 0.3) is 0 Å². The molecule has 0 saturated carbocycles. The highest BCUT2D eigenvalue weighted by molar-refractivity contribution is 7.19. The zero-order valence-electron chi connectivity index (χ0n) is 8.47. The van der Waals surface area contributed by atoms with Gasteiger partial charge in [-0.05, 0) is 11.3 Å². The molecule has 0 saturated heterocycles. The van der Waals surface area contributed by atoms with Gasteiger partial charge >= 0.3 is 11.0 Å². The van der Waals surface area contributed by atoms with E-state index in [4.69, 9.17) is 10.5 Å². The summed E-state index contributed by atoms with van der Waals surface area (Å²) in [6.45, 7) is 0.344. The van der Waals surface area contributed by atoms with Crippen molar-refractivity contribution in [3.63, 3.8) is 0 Å². The SMILES string of the molecule is COCCOC(=O)c1cc([N+](=O)[O-])sc1N. The molecule has 8 heteroatoms. The van der Waals surface area contributed by atoms with Gasteiger partial charge in [0.15, 0.2) is 0 Å². The monoisotopic (exact) mass is 246 g/mol. The number of anilines is 1. The first-order chi connectivity index (χ1) is 7.56. The minimum absolute atomic E-state index is 0.0211. The van der Waals surface area contributed by atoms with Crippen LogP contribution in [0.5, 0.6) is 0 Å². The van der Waals surface area contributed by atoms with Gasteiger partial charge in [0.2, 0.25) is 0 Å². The Labute approximate surface area is 94.9 Å². The van der Waals surface area contributed by atoms with Gasteiger partial charge in [0.05, 0.1) is 11.5 Å². The van der Waals surface area contributed by atoms with Crippen molar-refractivity contribution in [1.29, 1.82) is 0 Å². The number of ether oxygens (including phenoxy) is 2. The van der Waals surface area contributed by atoms with E-state index in [9.17, 15) is 14.9 Å². The molecule has 0 atom stereocenters. The van der Waals surface area contributed by atoms with Crippen LogP contribution in [0.2, 0.25) is 0 Å². The summed E-state index contributed by atoms with van der Waals surface area (Å²) >= 11 is 0.737. The zero-order chi connectivity index (χ0) is 12.1. The van der Waals surface area contributed by atoms with Crippen LogP contribution in [0.3, 0.4) is 0 Å². The predicted octanol–water partition coefficient (Wildman–Crippen LogP) is 1.04. The van der Waals surface area contributed by atoms with Crippen LogP contribution in [-0.4, -0.2) is 31.2 Å². The summed E-state index contributed by atoms with van der Waals surface area (Å²) in [6.07, 6.45) is 0. The maximum absolute atomic E-state index is 11.4. The van der Waals surface area contributed by atoms with Crippen molar-refractivity contribution >= 4 is 27.3 Å². The van der Waals surface area contributed by atoms with E-state index in [-0.39, 0.29) is 28.8 Å². The number of hydrogen-bond donors (Lipinski definition) is 1. The van der Waals surface area contributed by atoms with Crippen LogP contribution in [0.25, 0.3) is 0 Å². The van der Waals surface area contributed by atoms with E-state index in [0.29, 0.717) is 0 Å². The van der Waals surface area contributed by atoms with Gasteiger partial charge in [-0.1, -0.05) is 0 Å². The fraction of sp³-hybridized carbons (Fsp3) is 0.375. The third-order valence-corrected chi connectivity index (χ3v) is 2.58. The van der Waals surface area contributed by atoms with E-state index in [2.05, 4.69) is 4.74 Å². The van der Waals surface area contributed by atoms with Gasteiger partial charge in [-0.15, -0.1) is 0 Å². The molecule has 0 spiro atoms. The molecule has 0 aliphatic carbocycles. The van der Waals surface area contributed by atoms with Crippen LogP contribution >= 0.6 is 11.3 Å². The summed E-state index contributed by atoms with van der Waals surface area (Å²) in [5, 5.41) is 10.3. The molecule has 7 nitrogen and oxygen atoms in total. The Morgan fingerprint density at radius 2 is 2.31 bits per heavy atom. The molecule has 0 aromatic carbocycles. The van der Waals surface area contributed by atoms with Crippen LogP contribution in [0.4, 0.5) is 10.0 Å². The Balaban J connectivity index is 2.71. The summed E-state index contributed by atoms with van der Waals surface area (Å²) in [7, 11) is 1.47. The van der Waals surface area contributed by atoms with Crippen molar-refractivity contribution in [3.05, 3.63) is 21.7 Å². The standard InChI is InChI=1S/C8H10N2O5S/c1-14-2-3-15-8(11)5-4-6(10(12)13)16-7(5)9/h4H,2-3,9H2,1H3. The van der Waals surface area contributed by atoms with E-state index in [1.807, 2.05) is 0 Å². The van der Waals surface area contributed by atoms with Crippen molar-refractivity contribution in [1.82, 2.24) is 0 Å². The molecule has 0 radical (unpaired) electrons. The van der Waals surface area contributed by atoms with Crippen molar-refractivity contribution < 1.29 is 19.2 Å². The summed E-state index contributed by atoms with van der Waals surface area (Å²) in [5.74, 6) is -0.682. The first-order valence-corrected chi connectivity index (χ1v) is 5.07. The number of nitro groups is 1. The van der Waals surface area contributed by atoms with E-state index >= 15 is 0 Å². The van der Waals surface area contributed by atoms with Gasteiger partial charge in [0.1, 0.15) is 17.2 Å². The Kier molecular flexibility index (Phi) is 4.20. The molecule has 88 valence electrons. The Bertz CT molecular complexity index is 403. The van der Waals surface area contributed by atoms with Crippen LogP contribution in [0.1, 0.15) is 10.4 Å². The highest BCUT2D eigenvalue weighted by Gasteiger charge is 2.20. The number of nitrogens with zero attached hydrogens (tertiary/aromatic N) is 1. The summed E-state index contributed by atoms with van der Waals surface area (Å²) < 4.78 is 9.47. The van der Waals surface area contributed by atoms with E-state index in [0.717, 1.165) is 17.4 Å². The van der Waals surface area contributed by atoms with Crippen LogP contribution in [0, 0.1) is 10.1 Å². The molecule has 0 fully saturated rings. The molecule has 1 rings (SSSR count). The van der Waals surface area contributed by atoms with Gasteiger partial charge in [-0.3, -0.25) is 10.1 Å². The average Bonchev–Trinajstić information content (AvgIpc) is 2.61. The molecule has 0 amide bonds. The second-order valence-electron chi connectivity index (χ2n) is 2.75. The van der Waals surface area contributed by atoms with Crippen molar-refractivity contribution in [2.24, 2.45) is 0 Å².